The van der Waals surface area contributed by atoms with E-state index in [1.807, 2.05) is 18.2 Å². The topological polar surface area (TPSA) is 66.5 Å². The van der Waals surface area contributed by atoms with Gasteiger partial charge in [0.05, 0.1) is 23.4 Å². The van der Waals surface area contributed by atoms with Crippen molar-refractivity contribution < 1.29 is 9.53 Å². The van der Waals surface area contributed by atoms with Gasteiger partial charge < -0.3 is 20.3 Å². The number of nitrogens with one attached hydrogen (secondary N) is 2. The van der Waals surface area contributed by atoms with Crippen LogP contribution in [0.2, 0.25) is 0 Å². The quantitative estimate of drug-likeness (QED) is 0.824. The molecule has 0 spiro atoms. The predicted octanol–water partition coefficient (Wildman–Crippen LogP) is 3.10. The molecule has 7 heteroatoms. The van der Waals surface area contributed by atoms with Crippen LogP contribution in [-0.4, -0.2) is 50.3 Å². The molecule has 6 nitrogen and oxygen atoms in total. The first-order valence-electron chi connectivity index (χ1n) is 9.93. The number of aromatic nitrogens is 1. The van der Waals surface area contributed by atoms with Crippen LogP contribution in [0.3, 0.4) is 0 Å². The average Bonchev–Trinajstić information content (AvgIpc) is 3.12. The maximum atomic E-state index is 12.5. The average molecular weight is 389 g/mol. The largest absolute Gasteiger partial charge is 0.378 e. The lowest BCUT2D eigenvalue weighted by molar-refractivity contribution is -0.117. The van der Waals surface area contributed by atoms with Crippen LogP contribution >= 0.6 is 11.3 Å². The number of carbonyl (C=O) groups excluding carboxylic acids is 1. The van der Waals surface area contributed by atoms with Crippen LogP contribution in [0, 0.1) is 11.8 Å². The minimum atomic E-state index is 0.110. The number of hydrogen-bond acceptors (Lipinski definition) is 6. The summed E-state index contributed by atoms with van der Waals surface area (Å²) in [4.78, 5) is 19.5. The monoisotopic (exact) mass is 388 g/mol. The van der Waals surface area contributed by atoms with Crippen molar-refractivity contribution in [3.8, 4) is 0 Å². The molecule has 1 aromatic heterocycles. The second-order valence-electron chi connectivity index (χ2n) is 7.60. The van der Waals surface area contributed by atoms with Gasteiger partial charge in [0.2, 0.25) is 5.91 Å². The molecule has 0 bridgehead atoms. The maximum absolute atomic E-state index is 12.5. The third-order valence-electron chi connectivity index (χ3n) is 5.64. The van der Waals surface area contributed by atoms with Crippen molar-refractivity contribution in [2.24, 2.45) is 11.8 Å². The number of nitrogens with zero attached hydrogens (tertiary/aromatic N) is 2. The number of thiazole rings is 1. The first-order valence-corrected chi connectivity index (χ1v) is 10.7. The normalized spacial score (nSPS) is 20.0. The molecule has 146 valence electrons. The molecule has 3 heterocycles. The smallest absolute Gasteiger partial charge is 0.224 e. The molecule has 1 atom stereocenters. The molecular weight excluding hydrogens is 360 g/mol. The van der Waals surface area contributed by atoms with Crippen molar-refractivity contribution in [2.75, 3.05) is 49.6 Å². The lowest BCUT2D eigenvalue weighted by atomic mass is 9.84. The Morgan fingerprint density at radius 2 is 2.15 bits per heavy atom. The van der Waals surface area contributed by atoms with Crippen LogP contribution in [0.1, 0.15) is 26.2 Å². The Morgan fingerprint density at radius 3 is 2.93 bits per heavy atom. The molecule has 2 N–H and O–H groups in total. The molecule has 1 amide bonds. The molecule has 0 radical (unpaired) electrons. The summed E-state index contributed by atoms with van der Waals surface area (Å²) >= 11 is 1.68. The summed E-state index contributed by atoms with van der Waals surface area (Å²) < 4.78 is 6.53. The number of carbonyl (C=O) groups is 1. The molecule has 2 aliphatic heterocycles. The molecule has 2 saturated heterocycles. The Balaban J connectivity index is 1.38. The molecule has 27 heavy (non-hydrogen) atoms. The van der Waals surface area contributed by atoms with Crippen molar-refractivity contribution >= 4 is 38.3 Å². The van der Waals surface area contributed by atoms with Gasteiger partial charge in [0.1, 0.15) is 0 Å². The summed E-state index contributed by atoms with van der Waals surface area (Å²) in [6.07, 6.45) is 2.93. The fourth-order valence-corrected chi connectivity index (χ4v) is 5.02. The van der Waals surface area contributed by atoms with Crippen LogP contribution in [-0.2, 0) is 9.53 Å². The standard InChI is InChI=1S/C20H28N4O2S/c1-14(15-4-6-21-7-5-15)12-19(25)22-16-2-3-17-18(13-16)27-20(23-17)24-8-10-26-11-9-24/h2-3,13-15,21H,4-12H2,1H3,(H,22,25). The van der Waals surface area contributed by atoms with Gasteiger partial charge in [-0.2, -0.15) is 0 Å². The summed E-state index contributed by atoms with van der Waals surface area (Å²) in [5.41, 5.74) is 1.85. The van der Waals surface area contributed by atoms with E-state index in [9.17, 15) is 4.79 Å². The van der Waals surface area contributed by atoms with E-state index < -0.39 is 0 Å². The second-order valence-corrected chi connectivity index (χ2v) is 8.60. The third-order valence-corrected chi connectivity index (χ3v) is 6.72. The summed E-state index contributed by atoms with van der Waals surface area (Å²) in [5.74, 6) is 1.18. The Morgan fingerprint density at radius 1 is 1.37 bits per heavy atom. The number of rotatable bonds is 5. The number of benzene rings is 1. The first kappa shape index (κ1) is 18.7. The highest BCUT2D eigenvalue weighted by Crippen LogP contribution is 2.31. The summed E-state index contributed by atoms with van der Waals surface area (Å²) in [6.45, 7) is 7.64. The molecule has 0 aliphatic carbocycles. The van der Waals surface area contributed by atoms with Crippen LogP contribution in [0.4, 0.5) is 10.8 Å². The first-order chi connectivity index (χ1) is 13.2. The minimum absolute atomic E-state index is 0.110. The molecule has 1 aromatic carbocycles. The summed E-state index contributed by atoms with van der Waals surface area (Å²) in [7, 11) is 0. The van der Waals surface area contributed by atoms with Gasteiger partial charge in [0, 0.05) is 25.2 Å². The van der Waals surface area contributed by atoms with E-state index in [1.54, 1.807) is 11.3 Å². The molecule has 2 fully saturated rings. The van der Waals surface area contributed by atoms with E-state index in [0.717, 1.165) is 60.4 Å². The molecular formula is C20H28N4O2S. The number of piperidine rings is 1. The SMILES string of the molecule is CC(CC(=O)Nc1ccc2nc(N3CCOCC3)sc2c1)C1CCNCC1. The molecule has 0 saturated carbocycles. The van der Waals surface area contributed by atoms with Gasteiger partial charge in [-0.25, -0.2) is 4.98 Å². The Kier molecular flexibility index (Phi) is 5.90. The number of ether oxygens (including phenoxy) is 1. The van der Waals surface area contributed by atoms with Crippen LogP contribution in [0.25, 0.3) is 10.2 Å². The predicted molar refractivity (Wildman–Crippen MR) is 111 cm³/mol. The zero-order chi connectivity index (χ0) is 18.6. The fourth-order valence-electron chi connectivity index (χ4n) is 3.96. The third kappa shape index (κ3) is 4.59. The van der Waals surface area contributed by atoms with E-state index in [2.05, 4.69) is 22.5 Å². The highest BCUT2D eigenvalue weighted by molar-refractivity contribution is 7.22. The Labute approximate surface area is 164 Å². The van der Waals surface area contributed by atoms with Gasteiger partial charge in [0.15, 0.2) is 5.13 Å². The number of amides is 1. The molecule has 2 aromatic rings. The van der Waals surface area contributed by atoms with Gasteiger partial charge in [0.25, 0.3) is 0 Å². The van der Waals surface area contributed by atoms with E-state index in [4.69, 9.17) is 9.72 Å². The van der Waals surface area contributed by atoms with E-state index >= 15 is 0 Å². The van der Waals surface area contributed by atoms with Crippen LogP contribution in [0.15, 0.2) is 18.2 Å². The highest BCUT2D eigenvalue weighted by atomic mass is 32.1. The maximum Gasteiger partial charge on any atom is 0.224 e. The number of anilines is 2. The molecule has 4 rings (SSSR count). The van der Waals surface area contributed by atoms with Crippen LogP contribution in [0.5, 0.6) is 0 Å². The fraction of sp³-hybridized carbons (Fsp3) is 0.600. The summed E-state index contributed by atoms with van der Waals surface area (Å²) in [6, 6.07) is 6.00. The second kappa shape index (κ2) is 8.54. The zero-order valence-corrected chi connectivity index (χ0v) is 16.7. The highest BCUT2D eigenvalue weighted by Gasteiger charge is 2.22. The van der Waals surface area contributed by atoms with E-state index in [0.29, 0.717) is 18.3 Å². The van der Waals surface area contributed by atoms with Crippen molar-refractivity contribution in [3.05, 3.63) is 18.2 Å². The van der Waals surface area contributed by atoms with E-state index in [1.165, 1.54) is 12.8 Å². The minimum Gasteiger partial charge on any atom is -0.378 e. The van der Waals surface area contributed by atoms with Gasteiger partial charge in [-0.15, -0.1) is 0 Å². The molecule has 1 unspecified atom stereocenters. The Bertz CT molecular complexity index is 781. The number of morpholine rings is 1. The Hall–Kier alpha value is -1.70. The zero-order valence-electron chi connectivity index (χ0n) is 15.9. The van der Waals surface area contributed by atoms with E-state index in [-0.39, 0.29) is 5.91 Å². The number of hydrogen-bond donors (Lipinski definition) is 2. The van der Waals surface area contributed by atoms with Crippen molar-refractivity contribution in [1.82, 2.24) is 10.3 Å². The van der Waals surface area contributed by atoms with Gasteiger partial charge in [-0.3, -0.25) is 4.79 Å². The number of fused-ring (bicyclic) bond motifs is 1. The lowest BCUT2D eigenvalue weighted by Gasteiger charge is -2.27. The van der Waals surface area contributed by atoms with Gasteiger partial charge in [-0.05, 0) is 56.0 Å². The van der Waals surface area contributed by atoms with Crippen LogP contribution < -0.4 is 15.5 Å². The summed E-state index contributed by atoms with van der Waals surface area (Å²) in [5, 5.41) is 7.51. The van der Waals surface area contributed by atoms with Crippen molar-refractivity contribution in [2.45, 2.75) is 26.2 Å². The lowest BCUT2D eigenvalue weighted by Crippen LogP contribution is -2.36. The molecule has 2 aliphatic rings. The van der Waals surface area contributed by atoms with Crippen molar-refractivity contribution in [1.29, 1.82) is 0 Å². The van der Waals surface area contributed by atoms with Crippen molar-refractivity contribution in [3.63, 3.8) is 0 Å². The van der Waals surface area contributed by atoms with Gasteiger partial charge >= 0.3 is 0 Å². The van der Waals surface area contributed by atoms with Gasteiger partial charge in [-0.1, -0.05) is 18.3 Å².